The van der Waals surface area contributed by atoms with E-state index in [0.717, 1.165) is 31.6 Å². The molecule has 4 rings (SSSR count). The Hall–Kier alpha value is -0.630. The molecule has 31 heavy (non-hydrogen) atoms. The van der Waals surface area contributed by atoms with E-state index in [-0.39, 0.29) is 28.3 Å². The van der Waals surface area contributed by atoms with Gasteiger partial charge >= 0.3 is 0 Å². The number of aliphatic hydroxyl groups is 1. The van der Waals surface area contributed by atoms with E-state index in [1.54, 1.807) is 0 Å². The van der Waals surface area contributed by atoms with Gasteiger partial charge in [0.2, 0.25) is 0 Å². The highest BCUT2D eigenvalue weighted by Crippen LogP contribution is 2.68. The first-order chi connectivity index (χ1) is 14.4. The summed E-state index contributed by atoms with van der Waals surface area (Å²) in [7, 11) is 0. The van der Waals surface area contributed by atoms with E-state index in [9.17, 15) is 9.90 Å². The summed E-state index contributed by atoms with van der Waals surface area (Å²) >= 11 is 0. The van der Waals surface area contributed by atoms with Crippen LogP contribution in [0.1, 0.15) is 106 Å². The minimum absolute atomic E-state index is 0.113. The van der Waals surface area contributed by atoms with E-state index >= 15 is 0 Å². The number of ketones is 1. The normalized spacial score (nSPS) is 45.0. The predicted octanol–water partition coefficient (Wildman–Crippen LogP) is 7.20. The number of carbonyl (C=O) groups excluding carboxylic acids is 1. The Labute approximate surface area is 191 Å². The van der Waals surface area contributed by atoms with Crippen LogP contribution < -0.4 is 0 Å². The average molecular weight is 429 g/mol. The molecule has 0 radical (unpaired) electrons. The Morgan fingerprint density at radius 3 is 2.42 bits per heavy atom. The second-order valence-electron chi connectivity index (χ2n) is 13.4. The fourth-order valence-electron chi connectivity index (χ4n) is 9.20. The van der Waals surface area contributed by atoms with Gasteiger partial charge in [0.05, 0.1) is 6.10 Å². The van der Waals surface area contributed by atoms with Gasteiger partial charge in [0.15, 0.2) is 0 Å². The van der Waals surface area contributed by atoms with Crippen LogP contribution in [0.25, 0.3) is 0 Å². The largest absolute Gasteiger partial charge is 0.392 e. The summed E-state index contributed by atoms with van der Waals surface area (Å²) in [6.45, 7) is 16.5. The molecule has 3 saturated carbocycles. The van der Waals surface area contributed by atoms with Gasteiger partial charge in [0.1, 0.15) is 5.78 Å². The second-order valence-corrected chi connectivity index (χ2v) is 13.4. The number of rotatable bonds is 5. The van der Waals surface area contributed by atoms with Gasteiger partial charge in [-0.15, -0.1) is 0 Å². The minimum atomic E-state index is -0.221. The van der Waals surface area contributed by atoms with Crippen molar-refractivity contribution in [3.63, 3.8) is 0 Å². The molecule has 0 heterocycles. The molecule has 4 aliphatic carbocycles. The molecular formula is C29H48O2. The minimum Gasteiger partial charge on any atom is -0.392 e. The molecule has 0 saturated heterocycles. The van der Waals surface area contributed by atoms with Crippen LogP contribution in [-0.4, -0.2) is 17.0 Å². The van der Waals surface area contributed by atoms with Crippen LogP contribution in [0.2, 0.25) is 0 Å². The zero-order chi connectivity index (χ0) is 22.8. The first-order valence-electron chi connectivity index (χ1n) is 13.3. The molecule has 0 bridgehead atoms. The van der Waals surface area contributed by atoms with Crippen LogP contribution in [0.3, 0.4) is 0 Å². The third kappa shape index (κ3) is 3.58. The van der Waals surface area contributed by atoms with Crippen LogP contribution >= 0.6 is 0 Å². The van der Waals surface area contributed by atoms with E-state index in [4.69, 9.17) is 0 Å². The molecule has 0 spiro atoms. The third-order valence-corrected chi connectivity index (χ3v) is 10.9. The molecule has 1 N–H and O–H groups in total. The summed E-state index contributed by atoms with van der Waals surface area (Å²) in [6.07, 6.45) is 12.5. The fraction of sp³-hybridized carbons (Fsp3) is 0.897. The monoisotopic (exact) mass is 428 g/mol. The number of carbonyl (C=O) groups is 1. The van der Waals surface area contributed by atoms with Gasteiger partial charge < -0.3 is 5.11 Å². The number of Topliss-reactive ketones (excluding diaryl/α,β-unsaturated/α-hetero) is 1. The third-order valence-electron chi connectivity index (χ3n) is 10.9. The SMILES string of the molecule is CC(C)CCC[C@@H](C)[C@H]1C(=O)C[C@H]2[C@@H]3CC=C4C(C)(C)[C@@H](O)CC[C@]4(C)[C@H]3CC[C@]12C. The van der Waals surface area contributed by atoms with Crippen LogP contribution in [0.5, 0.6) is 0 Å². The van der Waals surface area contributed by atoms with Gasteiger partial charge in [-0.3, -0.25) is 4.79 Å². The average Bonchev–Trinajstić information content (AvgIpc) is 2.95. The first kappa shape index (κ1) is 23.5. The Morgan fingerprint density at radius 2 is 1.74 bits per heavy atom. The zero-order valence-electron chi connectivity index (χ0n) is 21.3. The van der Waals surface area contributed by atoms with Crippen molar-refractivity contribution in [3.05, 3.63) is 11.6 Å². The molecule has 0 aromatic heterocycles. The molecule has 2 nitrogen and oxygen atoms in total. The summed E-state index contributed by atoms with van der Waals surface area (Å²) in [5.74, 6) is 4.01. The number of allylic oxidation sites excluding steroid dienone is 1. The Kier molecular flexibility index (Phi) is 6.07. The van der Waals surface area contributed by atoms with Crippen molar-refractivity contribution in [2.24, 2.45) is 51.8 Å². The summed E-state index contributed by atoms with van der Waals surface area (Å²) in [4.78, 5) is 13.4. The summed E-state index contributed by atoms with van der Waals surface area (Å²) in [5, 5.41) is 10.7. The molecule has 3 fully saturated rings. The molecule has 4 aliphatic rings. The van der Waals surface area contributed by atoms with Gasteiger partial charge in [-0.1, -0.05) is 73.0 Å². The van der Waals surface area contributed by atoms with Gasteiger partial charge in [-0.05, 0) is 78.9 Å². The van der Waals surface area contributed by atoms with E-state index in [0.29, 0.717) is 29.5 Å². The topological polar surface area (TPSA) is 37.3 Å². The lowest BCUT2D eigenvalue weighted by atomic mass is 9.44. The van der Waals surface area contributed by atoms with Crippen molar-refractivity contribution in [3.8, 4) is 0 Å². The molecule has 176 valence electrons. The van der Waals surface area contributed by atoms with Gasteiger partial charge in [-0.2, -0.15) is 0 Å². The predicted molar refractivity (Wildman–Crippen MR) is 129 cm³/mol. The van der Waals surface area contributed by atoms with Crippen molar-refractivity contribution in [2.75, 3.05) is 0 Å². The van der Waals surface area contributed by atoms with E-state index < -0.39 is 0 Å². The number of hydrogen-bond acceptors (Lipinski definition) is 2. The highest BCUT2D eigenvalue weighted by molar-refractivity contribution is 5.85. The Balaban J connectivity index is 1.58. The maximum absolute atomic E-state index is 13.4. The summed E-state index contributed by atoms with van der Waals surface area (Å²) < 4.78 is 0. The maximum atomic E-state index is 13.4. The number of aliphatic hydroxyl groups excluding tert-OH is 1. The lowest BCUT2D eigenvalue weighted by Gasteiger charge is -2.61. The highest BCUT2D eigenvalue weighted by Gasteiger charge is 2.63. The summed E-state index contributed by atoms with van der Waals surface area (Å²) in [5.41, 5.74) is 1.81. The lowest BCUT2D eigenvalue weighted by molar-refractivity contribution is -0.124. The molecule has 0 aromatic rings. The van der Waals surface area contributed by atoms with Gasteiger partial charge in [0.25, 0.3) is 0 Å². The highest BCUT2D eigenvalue weighted by atomic mass is 16.3. The van der Waals surface area contributed by atoms with Gasteiger partial charge in [-0.25, -0.2) is 0 Å². The molecule has 0 unspecified atom stereocenters. The Bertz CT molecular complexity index is 733. The van der Waals surface area contributed by atoms with Crippen molar-refractivity contribution in [1.82, 2.24) is 0 Å². The fourth-order valence-corrected chi connectivity index (χ4v) is 9.20. The molecule has 0 amide bonds. The van der Waals surface area contributed by atoms with Crippen LogP contribution in [0, 0.1) is 51.8 Å². The number of fused-ring (bicyclic) bond motifs is 5. The van der Waals surface area contributed by atoms with Crippen molar-refractivity contribution < 1.29 is 9.90 Å². The molecule has 0 aromatic carbocycles. The van der Waals surface area contributed by atoms with Crippen LogP contribution in [0.15, 0.2) is 11.6 Å². The van der Waals surface area contributed by atoms with E-state index in [2.05, 4.69) is 54.5 Å². The zero-order valence-corrected chi connectivity index (χ0v) is 21.3. The smallest absolute Gasteiger partial charge is 0.137 e. The maximum Gasteiger partial charge on any atom is 0.137 e. The van der Waals surface area contributed by atoms with Crippen molar-refractivity contribution >= 4 is 5.78 Å². The summed E-state index contributed by atoms with van der Waals surface area (Å²) in [6, 6.07) is 0. The molecule has 2 heteroatoms. The van der Waals surface area contributed by atoms with E-state index in [1.807, 2.05) is 0 Å². The standard InChI is InChI=1S/C29H48O2/c1-18(2)9-8-10-19(3)26-23(30)17-22-20-11-12-24-27(4,5)25(31)14-16-28(24,6)21(20)13-15-29(22,26)7/h12,18-22,25-26,31H,8-11,13-17H2,1-7H3/t19-,20-,21+,22+,25+,26+,28-,29+/m1/s1. The van der Waals surface area contributed by atoms with Crippen molar-refractivity contribution in [2.45, 2.75) is 112 Å². The number of hydrogen-bond donors (Lipinski definition) is 1. The van der Waals surface area contributed by atoms with E-state index in [1.165, 1.54) is 37.7 Å². The lowest BCUT2D eigenvalue weighted by Crippen LogP contribution is -2.54. The van der Waals surface area contributed by atoms with Crippen LogP contribution in [-0.2, 0) is 4.79 Å². The van der Waals surface area contributed by atoms with Crippen molar-refractivity contribution in [1.29, 1.82) is 0 Å². The molecule has 0 aliphatic heterocycles. The van der Waals surface area contributed by atoms with Gasteiger partial charge in [0, 0.05) is 17.8 Å². The second kappa shape index (κ2) is 8.00. The molecule has 8 atom stereocenters. The van der Waals surface area contributed by atoms with Crippen LogP contribution in [0.4, 0.5) is 0 Å². The Morgan fingerprint density at radius 1 is 1.03 bits per heavy atom. The quantitative estimate of drug-likeness (QED) is 0.470. The molecular weight excluding hydrogens is 380 g/mol. The first-order valence-corrected chi connectivity index (χ1v) is 13.3.